The molecule has 4 rings (SSSR count). The third kappa shape index (κ3) is 5.83. The number of aryl methyl sites for hydroxylation is 1. The van der Waals surface area contributed by atoms with Gasteiger partial charge in [0.2, 0.25) is 11.9 Å². The number of halogens is 3. The molecule has 0 fully saturated rings. The molecule has 0 bridgehead atoms. The number of nitrogens with one attached hydrogen (secondary N) is 2. The van der Waals surface area contributed by atoms with Gasteiger partial charge in [-0.2, -0.15) is 18.4 Å². The Kier molecular flexibility index (Phi) is 6.51. The Morgan fingerprint density at radius 3 is 2.34 bits per heavy atom. The van der Waals surface area contributed by atoms with Crippen LogP contribution in [0.4, 0.5) is 30.5 Å². The topological polar surface area (TPSA) is 95.6 Å². The molecule has 0 aliphatic heterocycles. The van der Waals surface area contributed by atoms with Crippen LogP contribution in [0.2, 0.25) is 0 Å². The van der Waals surface area contributed by atoms with Gasteiger partial charge in [0.05, 0.1) is 29.3 Å². The van der Waals surface area contributed by atoms with E-state index in [1.165, 1.54) is 12.1 Å². The molecule has 0 aliphatic rings. The first-order valence-corrected chi connectivity index (χ1v) is 10.4. The molecule has 0 saturated heterocycles. The lowest BCUT2D eigenvalue weighted by molar-refractivity contribution is -0.137. The fraction of sp³-hybridized carbons (Fsp3) is 0.120. The Morgan fingerprint density at radius 1 is 1.03 bits per heavy atom. The molecule has 0 unspecified atom stereocenters. The molecule has 2 aromatic carbocycles. The van der Waals surface area contributed by atoms with Crippen molar-refractivity contribution in [3.63, 3.8) is 0 Å². The van der Waals surface area contributed by atoms with Gasteiger partial charge in [0.25, 0.3) is 0 Å². The number of aromatic nitrogens is 3. The number of rotatable bonds is 6. The lowest BCUT2D eigenvalue weighted by atomic mass is 10.0. The zero-order valence-electron chi connectivity index (χ0n) is 18.5. The van der Waals surface area contributed by atoms with E-state index in [1.54, 1.807) is 24.5 Å². The Labute approximate surface area is 198 Å². The van der Waals surface area contributed by atoms with Crippen molar-refractivity contribution in [3.05, 3.63) is 90.0 Å². The highest BCUT2D eigenvalue weighted by molar-refractivity contribution is 5.92. The zero-order chi connectivity index (χ0) is 25.0. The molecule has 7 nitrogen and oxygen atoms in total. The molecular weight excluding hydrogens is 457 g/mol. The van der Waals surface area contributed by atoms with E-state index >= 15 is 0 Å². The summed E-state index contributed by atoms with van der Waals surface area (Å²) in [6.45, 7) is 0. The Balaban J connectivity index is 1.38. The predicted octanol–water partition coefficient (Wildman–Crippen LogP) is 5.30. The number of anilines is 3. The molecule has 176 valence electrons. The SMILES string of the molecule is Cn1ccc(Nc2ncc(-c3ccc(CC(=O)Nc4ccc(C#N)c(C(F)(F)F)c4)cc3)cn2)c1. The summed E-state index contributed by atoms with van der Waals surface area (Å²) in [7, 11) is 1.92. The molecule has 1 amide bonds. The van der Waals surface area contributed by atoms with E-state index < -0.39 is 23.2 Å². The highest BCUT2D eigenvalue weighted by atomic mass is 19.4. The highest BCUT2D eigenvalue weighted by Gasteiger charge is 2.34. The van der Waals surface area contributed by atoms with Crippen molar-refractivity contribution in [2.24, 2.45) is 7.05 Å². The summed E-state index contributed by atoms with van der Waals surface area (Å²) in [5, 5.41) is 14.4. The van der Waals surface area contributed by atoms with Gasteiger partial charge >= 0.3 is 6.18 Å². The molecular formula is C25H19F3N6O. The number of carbonyl (C=O) groups excluding carboxylic acids is 1. The van der Waals surface area contributed by atoms with Crippen LogP contribution in [0, 0.1) is 11.3 Å². The number of carbonyl (C=O) groups is 1. The molecule has 10 heteroatoms. The van der Waals surface area contributed by atoms with Gasteiger partial charge in [0.1, 0.15) is 0 Å². The minimum atomic E-state index is -4.69. The first-order valence-electron chi connectivity index (χ1n) is 10.4. The van der Waals surface area contributed by atoms with Crippen LogP contribution in [-0.4, -0.2) is 20.4 Å². The summed E-state index contributed by atoms with van der Waals surface area (Å²) in [6, 6.07) is 13.6. The summed E-state index contributed by atoms with van der Waals surface area (Å²) in [5.74, 6) is -0.0139. The molecule has 0 aliphatic carbocycles. The molecule has 4 aromatic rings. The summed E-state index contributed by atoms with van der Waals surface area (Å²) in [6.07, 6.45) is 2.46. The van der Waals surface area contributed by atoms with Crippen molar-refractivity contribution in [2.75, 3.05) is 10.6 Å². The highest BCUT2D eigenvalue weighted by Crippen LogP contribution is 2.33. The minimum absolute atomic E-state index is 0.0284. The Morgan fingerprint density at radius 2 is 1.74 bits per heavy atom. The van der Waals surface area contributed by atoms with Crippen LogP contribution in [0.5, 0.6) is 0 Å². The van der Waals surface area contributed by atoms with Crippen molar-refractivity contribution < 1.29 is 18.0 Å². The fourth-order valence-electron chi connectivity index (χ4n) is 3.41. The minimum Gasteiger partial charge on any atom is -0.355 e. The first kappa shape index (κ1) is 23.5. The van der Waals surface area contributed by atoms with Crippen LogP contribution >= 0.6 is 0 Å². The second-order valence-electron chi connectivity index (χ2n) is 7.78. The molecule has 0 saturated carbocycles. The van der Waals surface area contributed by atoms with Crippen molar-refractivity contribution in [1.82, 2.24) is 14.5 Å². The van der Waals surface area contributed by atoms with Crippen molar-refractivity contribution >= 4 is 23.2 Å². The van der Waals surface area contributed by atoms with E-state index in [9.17, 15) is 18.0 Å². The van der Waals surface area contributed by atoms with Crippen LogP contribution < -0.4 is 10.6 Å². The van der Waals surface area contributed by atoms with Crippen LogP contribution in [0.25, 0.3) is 11.1 Å². The predicted molar refractivity (Wildman–Crippen MR) is 125 cm³/mol. The molecule has 2 heterocycles. The Bertz CT molecular complexity index is 1390. The van der Waals surface area contributed by atoms with Crippen molar-refractivity contribution in [2.45, 2.75) is 12.6 Å². The van der Waals surface area contributed by atoms with Gasteiger partial charge in [-0.1, -0.05) is 24.3 Å². The van der Waals surface area contributed by atoms with E-state index in [0.717, 1.165) is 28.9 Å². The van der Waals surface area contributed by atoms with Gasteiger partial charge in [-0.25, -0.2) is 9.97 Å². The molecule has 0 spiro atoms. The summed E-state index contributed by atoms with van der Waals surface area (Å²) >= 11 is 0. The maximum Gasteiger partial charge on any atom is 0.417 e. The molecule has 0 atom stereocenters. The lowest BCUT2D eigenvalue weighted by Crippen LogP contribution is -2.16. The maximum atomic E-state index is 13.1. The smallest absolute Gasteiger partial charge is 0.355 e. The van der Waals surface area contributed by atoms with Crippen molar-refractivity contribution in [3.8, 4) is 17.2 Å². The van der Waals surface area contributed by atoms with Crippen molar-refractivity contribution in [1.29, 1.82) is 5.26 Å². The van der Waals surface area contributed by atoms with E-state index in [-0.39, 0.29) is 12.1 Å². The van der Waals surface area contributed by atoms with Gasteiger partial charge in [0, 0.05) is 43.1 Å². The van der Waals surface area contributed by atoms with E-state index in [1.807, 2.05) is 42.2 Å². The lowest BCUT2D eigenvalue weighted by Gasteiger charge is -2.12. The van der Waals surface area contributed by atoms with Gasteiger partial charge in [-0.3, -0.25) is 4.79 Å². The standard InChI is InChI=1S/C25H19F3N6O/c1-34-9-8-21(15-34)33-24-30-13-19(14-31-24)17-4-2-16(3-5-17)10-23(35)32-20-7-6-18(12-29)22(11-20)25(26,27)28/h2-9,11,13-15H,10H2,1H3,(H,32,35)(H,30,31,33). The summed E-state index contributed by atoms with van der Waals surface area (Å²) < 4.78 is 41.3. The number of alkyl halides is 3. The van der Waals surface area contributed by atoms with E-state index in [4.69, 9.17) is 5.26 Å². The molecule has 35 heavy (non-hydrogen) atoms. The third-order valence-electron chi connectivity index (χ3n) is 5.12. The van der Waals surface area contributed by atoms with Crippen LogP contribution in [0.3, 0.4) is 0 Å². The summed E-state index contributed by atoms with van der Waals surface area (Å²) in [5.41, 5.74) is 1.57. The van der Waals surface area contributed by atoms with Gasteiger partial charge in [-0.05, 0) is 35.4 Å². The second kappa shape index (κ2) is 9.69. The van der Waals surface area contributed by atoms with Gasteiger partial charge < -0.3 is 15.2 Å². The average Bonchev–Trinajstić information content (AvgIpc) is 3.24. The second-order valence-corrected chi connectivity index (χ2v) is 7.78. The fourth-order valence-corrected chi connectivity index (χ4v) is 3.41. The normalized spacial score (nSPS) is 11.1. The maximum absolute atomic E-state index is 13.1. The average molecular weight is 476 g/mol. The number of benzene rings is 2. The van der Waals surface area contributed by atoms with Crippen LogP contribution in [-0.2, 0) is 24.4 Å². The number of amides is 1. The number of nitrogens with zero attached hydrogens (tertiary/aromatic N) is 4. The molecule has 2 aromatic heterocycles. The monoisotopic (exact) mass is 476 g/mol. The first-order chi connectivity index (χ1) is 16.7. The quantitative estimate of drug-likeness (QED) is 0.394. The van der Waals surface area contributed by atoms with Gasteiger partial charge in [0.15, 0.2) is 0 Å². The van der Waals surface area contributed by atoms with Crippen LogP contribution in [0.15, 0.2) is 73.3 Å². The number of hydrogen-bond acceptors (Lipinski definition) is 5. The molecule has 0 radical (unpaired) electrons. The van der Waals surface area contributed by atoms with E-state index in [2.05, 4.69) is 20.6 Å². The number of nitriles is 1. The largest absolute Gasteiger partial charge is 0.417 e. The van der Waals surface area contributed by atoms with Gasteiger partial charge in [-0.15, -0.1) is 0 Å². The third-order valence-corrected chi connectivity index (χ3v) is 5.12. The molecule has 2 N–H and O–H groups in total. The number of hydrogen-bond donors (Lipinski definition) is 2. The summed E-state index contributed by atoms with van der Waals surface area (Å²) in [4.78, 5) is 21.0. The Hall–Kier alpha value is -4.65. The van der Waals surface area contributed by atoms with E-state index in [0.29, 0.717) is 11.5 Å². The van der Waals surface area contributed by atoms with Crippen LogP contribution in [0.1, 0.15) is 16.7 Å². The zero-order valence-corrected chi connectivity index (χ0v) is 18.5.